The number of aromatic nitrogens is 2. The maximum atomic E-state index is 12.3. The highest BCUT2D eigenvalue weighted by Gasteiger charge is 2.42. The first-order chi connectivity index (χ1) is 13.1. The van der Waals surface area contributed by atoms with Crippen molar-refractivity contribution in [3.05, 3.63) is 48.3 Å². The molecule has 0 aliphatic carbocycles. The number of likely N-dealkylation sites (tertiary alicyclic amines) is 2. The number of hydrogen-bond donors (Lipinski definition) is 0. The third-order valence-electron chi connectivity index (χ3n) is 6.20. The van der Waals surface area contributed by atoms with E-state index in [9.17, 15) is 4.79 Å². The topological polar surface area (TPSA) is 41.4 Å². The largest absolute Gasteiger partial charge is 0.340 e. The van der Waals surface area contributed by atoms with Crippen LogP contribution in [0.3, 0.4) is 0 Å². The van der Waals surface area contributed by atoms with Crippen LogP contribution in [0.5, 0.6) is 0 Å². The Labute approximate surface area is 162 Å². The third-order valence-corrected chi connectivity index (χ3v) is 6.20. The molecule has 0 unspecified atom stereocenters. The third kappa shape index (κ3) is 3.79. The van der Waals surface area contributed by atoms with Crippen LogP contribution >= 0.6 is 0 Å². The molecule has 0 N–H and O–H groups in total. The molecule has 2 saturated heterocycles. The van der Waals surface area contributed by atoms with E-state index in [1.54, 1.807) is 0 Å². The Kier molecular flexibility index (Phi) is 5.04. The molecule has 2 fully saturated rings. The van der Waals surface area contributed by atoms with E-state index < -0.39 is 0 Å². The van der Waals surface area contributed by atoms with E-state index in [4.69, 9.17) is 0 Å². The van der Waals surface area contributed by atoms with E-state index >= 15 is 0 Å². The van der Waals surface area contributed by atoms with Crippen molar-refractivity contribution in [1.82, 2.24) is 19.6 Å². The first-order valence-corrected chi connectivity index (χ1v) is 10.2. The maximum absolute atomic E-state index is 12.3. The number of carbonyl (C=O) groups is 1. The minimum absolute atomic E-state index is 0.261. The van der Waals surface area contributed by atoms with E-state index in [2.05, 4.69) is 53.0 Å². The molecule has 1 aromatic heterocycles. The number of benzene rings is 1. The Morgan fingerprint density at radius 3 is 2.78 bits per heavy atom. The Balaban J connectivity index is 1.51. The van der Waals surface area contributed by atoms with Crippen molar-refractivity contribution >= 4 is 5.91 Å². The van der Waals surface area contributed by atoms with Gasteiger partial charge in [0.05, 0.1) is 5.69 Å². The van der Waals surface area contributed by atoms with Gasteiger partial charge < -0.3 is 4.90 Å². The number of rotatable bonds is 4. The lowest BCUT2D eigenvalue weighted by Crippen LogP contribution is -2.55. The van der Waals surface area contributed by atoms with Crippen molar-refractivity contribution in [3.8, 4) is 5.69 Å². The van der Waals surface area contributed by atoms with Crippen LogP contribution in [0.4, 0.5) is 0 Å². The normalized spacial score (nSPS) is 24.1. The molecule has 5 heteroatoms. The first-order valence-electron chi connectivity index (χ1n) is 10.2. The highest BCUT2D eigenvalue weighted by atomic mass is 16.2. The van der Waals surface area contributed by atoms with Gasteiger partial charge in [0.25, 0.3) is 0 Å². The summed E-state index contributed by atoms with van der Waals surface area (Å²) in [7, 11) is 0. The van der Waals surface area contributed by atoms with Gasteiger partial charge in [-0.1, -0.05) is 18.2 Å². The van der Waals surface area contributed by atoms with Crippen molar-refractivity contribution in [3.63, 3.8) is 0 Å². The minimum atomic E-state index is 0.261. The summed E-state index contributed by atoms with van der Waals surface area (Å²) in [5.41, 5.74) is 2.73. The average Bonchev–Trinajstić information content (AvgIpc) is 3.19. The van der Waals surface area contributed by atoms with Gasteiger partial charge in [0, 0.05) is 49.9 Å². The van der Waals surface area contributed by atoms with E-state index in [0.717, 1.165) is 38.3 Å². The molecule has 0 bridgehead atoms. The number of amides is 1. The van der Waals surface area contributed by atoms with E-state index in [1.807, 2.05) is 23.1 Å². The van der Waals surface area contributed by atoms with Gasteiger partial charge in [-0.3, -0.25) is 9.69 Å². The quantitative estimate of drug-likeness (QED) is 0.832. The number of carbonyl (C=O) groups excluding carboxylic acids is 1. The number of nitrogens with zero attached hydrogens (tertiary/aromatic N) is 4. The minimum Gasteiger partial charge on any atom is -0.340 e. The van der Waals surface area contributed by atoms with Gasteiger partial charge in [-0.05, 0) is 57.4 Å². The SMILES string of the molecule is CC(C)N1C[C@]2(CCCN(Cc3ccccc3-n3cccn3)C2)CCC1=O. The van der Waals surface area contributed by atoms with Gasteiger partial charge in [0.15, 0.2) is 0 Å². The van der Waals surface area contributed by atoms with Crippen molar-refractivity contribution in [2.45, 2.75) is 52.1 Å². The van der Waals surface area contributed by atoms with E-state index in [0.29, 0.717) is 18.4 Å². The molecule has 2 aliphatic heterocycles. The fourth-order valence-electron chi connectivity index (χ4n) is 4.81. The van der Waals surface area contributed by atoms with Crippen LogP contribution in [0, 0.1) is 5.41 Å². The lowest BCUT2D eigenvalue weighted by atomic mass is 9.73. The lowest BCUT2D eigenvalue weighted by molar-refractivity contribution is -0.141. The summed E-state index contributed by atoms with van der Waals surface area (Å²) in [6.07, 6.45) is 8.02. The molecule has 0 radical (unpaired) electrons. The number of para-hydroxylation sites is 1. The maximum Gasteiger partial charge on any atom is 0.222 e. The van der Waals surface area contributed by atoms with Gasteiger partial charge in [0.2, 0.25) is 5.91 Å². The smallest absolute Gasteiger partial charge is 0.222 e. The summed E-state index contributed by atoms with van der Waals surface area (Å²) in [4.78, 5) is 17.0. The average molecular weight is 367 g/mol. The summed E-state index contributed by atoms with van der Waals surface area (Å²) >= 11 is 0. The van der Waals surface area contributed by atoms with E-state index in [-0.39, 0.29) is 5.41 Å². The highest BCUT2D eigenvalue weighted by Crippen LogP contribution is 2.40. The zero-order valence-electron chi connectivity index (χ0n) is 16.5. The van der Waals surface area contributed by atoms with Crippen LogP contribution < -0.4 is 0 Å². The number of piperidine rings is 2. The molecule has 3 heterocycles. The fourth-order valence-corrected chi connectivity index (χ4v) is 4.81. The van der Waals surface area contributed by atoms with E-state index in [1.165, 1.54) is 18.4 Å². The molecule has 1 spiro atoms. The molecule has 144 valence electrons. The molecule has 1 aromatic carbocycles. The molecule has 1 amide bonds. The zero-order chi connectivity index (χ0) is 18.9. The molecular formula is C22H30N4O. The van der Waals surface area contributed by atoms with Crippen LogP contribution in [0.2, 0.25) is 0 Å². The second kappa shape index (κ2) is 7.47. The standard InChI is InChI=1S/C22H30N4O/c1-18(2)25-17-22(11-9-21(25)27)10-5-13-24(16-22)15-19-7-3-4-8-20(19)26-14-6-12-23-26/h3-4,6-8,12,14,18H,5,9-11,13,15-17H2,1-2H3/t22-/m1/s1. The molecule has 4 rings (SSSR count). The van der Waals surface area contributed by atoms with Gasteiger partial charge in [-0.15, -0.1) is 0 Å². The van der Waals surface area contributed by atoms with Crippen LogP contribution in [-0.2, 0) is 11.3 Å². The van der Waals surface area contributed by atoms with Crippen LogP contribution in [-0.4, -0.2) is 51.2 Å². The summed E-state index contributed by atoms with van der Waals surface area (Å²) in [5.74, 6) is 0.330. The van der Waals surface area contributed by atoms with Gasteiger partial charge in [-0.2, -0.15) is 5.10 Å². The Hall–Kier alpha value is -2.14. The van der Waals surface area contributed by atoms with Gasteiger partial charge in [0.1, 0.15) is 0 Å². The summed E-state index contributed by atoms with van der Waals surface area (Å²) < 4.78 is 1.95. The summed E-state index contributed by atoms with van der Waals surface area (Å²) in [6, 6.07) is 10.8. The zero-order valence-corrected chi connectivity index (χ0v) is 16.5. The molecular weight excluding hydrogens is 336 g/mol. The van der Waals surface area contributed by atoms with Crippen molar-refractivity contribution in [2.24, 2.45) is 5.41 Å². The van der Waals surface area contributed by atoms with Gasteiger partial charge in [-0.25, -0.2) is 4.68 Å². The van der Waals surface area contributed by atoms with Crippen molar-refractivity contribution < 1.29 is 4.79 Å². The molecule has 1 atom stereocenters. The predicted molar refractivity (Wildman–Crippen MR) is 107 cm³/mol. The van der Waals surface area contributed by atoms with Gasteiger partial charge >= 0.3 is 0 Å². The molecule has 2 aromatic rings. The Morgan fingerprint density at radius 1 is 1.15 bits per heavy atom. The predicted octanol–water partition coefficient (Wildman–Crippen LogP) is 3.49. The highest BCUT2D eigenvalue weighted by molar-refractivity contribution is 5.77. The number of hydrogen-bond acceptors (Lipinski definition) is 3. The van der Waals surface area contributed by atoms with Crippen LogP contribution in [0.15, 0.2) is 42.7 Å². The van der Waals surface area contributed by atoms with Crippen LogP contribution in [0.25, 0.3) is 5.69 Å². The lowest BCUT2D eigenvalue weighted by Gasteiger charge is -2.49. The summed E-state index contributed by atoms with van der Waals surface area (Å²) in [5, 5.41) is 4.42. The molecule has 0 saturated carbocycles. The monoisotopic (exact) mass is 366 g/mol. The first kappa shape index (κ1) is 18.2. The molecule has 27 heavy (non-hydrogen) atoms. The second-order valence-electron chi connectivity index (χ2n) is 8.51. The molecule has 5 nitrogen and oxygen atoms in total. The second-order valence-corrected chi connectivity index (χ2v) is 8.51. The molecule has 2 aliphatic rings. The Morgan fingerprint density at radius 2 is 2.00 bits per heavy atom. The van der Waals surface area contributed by atoms with Crippen molar-refractivity contribution in [2.75, 3.05) is 19.6 Å². The van der Waals surface area contributed by atoms with Crippen molar-refractivity contribution in [1.29, 1.82) is 0 Å². The van der Waals surface area contributed by atoms with Crippen LogP contribution in [0.1, 0.15) is 45.1 Å². The summed E-state index contributed by atoms with van der Waals surface area (Å²) in [6.45, 7) is 8.34. The fraction of sp³-hybridized carbons (Fsp3) is 0.545. The Bertz CT molecular complexity index is 785.